The quantitative estimate of drug-likeness (QED) is 0.560. The smallest absolute Gasteiger partial charge is 0.451 e. The molecule has 1 atom stereocenters. The minimum Gasteiger partial charge on any atom is -0.481 e. The van der Waals surface area contributed by atoms with Gasteiger partial charge in [0.25, 0.3) is 5.91 Å². The molecule has 180 valence electrons. The van der Waals surface area contributed by atoms with Crippen molar-refractivity contribution in [1.29, 1.82) is 0 Å². The van der Waals surface area contributed by atoms with Crippen molar-refractivity contribution < 1.29 is 35.9 Å². The van der Waals surface area contributed by atoms with Crippen molar-refractivity contribution in [1.82, 2.24) is 30.0 Å². The van der Waals surface area contributed by atoms with Gasteiger partial charge in [0, 0.05) is 24.4 Å². The van der Waals surface area contributed by atoms with Gasteiger partial charge in [-0.25, -0.2) is 4.98 Å². The molecule has 0 fully saturated rings. The molecule has 0 radical (unpaired) electrons. The predicted octanol–water partition coefficient (Wildman–Crippen LogP) is 4.05. The number of aryl methyl sites for hydroxylation is 1. The predicted molar refractivity (Wildman–Crippen MR) is 103 cm³/mol. The second-order valence-electron chi connectivity index (χ2n) is 7.39. The second-order valence-corrected chi connectivity index (χ2v) is 7.39. The van der Waals surface area contributed by atoms with Crippen LogP contribution in [-0.2, 0) is 18.9 Å². The molecule has 0 saturated heterocycles. The van der Waals surface area contributed by atoms with E-state index in [1.165, 1.54) is 12.1 Å². The molecule has 0 aliphatic carbocycles. The highest BCUT2D eigenvalue weighted by atomic mass is 19.4. The van der Waals surface area contributed by atoms with Crippen LogP contribution in [-0.4, -0.2) is 37.7 Å². The molecule has 8 nitrogen and oxygen atoms in total. The summed E-state index contributed by atoms with van der Waals surface area (Å²) in [5.41, 5.74) is -0.687. The average molecular weight is 486 g/mol. The average Bonchev–Trinajstić information content (AvgIpc) is 3.23. The Morgan fingerprint density at radius 1 is 1.12 bits per heavy atom. The van der Waals surface area contributed by atoms with Crippen molar-refractivity contribution in [3.8, 4) is 17.1 Å². The largest absolute Gasteiger partial charge is 0.481 e. The Labute approximate surface area is 188 Å². The maximum absolute atomic E-state index is 13.1. The summed E-state index contributed by atoms with van der Waals surface area (Å²) in [5.74, 6) is -2.84. The van der Waals surface area contributed by atoms with Gasteiger partial charge < -0.3 is 10.1 Å². The number of nitrogens with one attached hydrogen (secondary N) is 1. The first-order valence-corrected chi connectivity index (χ1v) is 9.88. The molecule has 0 bridgehead atoms. The standard InChI is InChI=1S/C20H16F6N6O2/c1-34-16-9-13(29-18(30-16)20(24,25)26)17(33)28-11-3-2-6-32-14(11)8-12(31-32)10-4-5-27-15(7-10)19(21,22)23/h4-5,7-9,11H,2-3,6H2,1H3,(H,28,33). The number of halogens is 6. The third-order valence-electron chi connectivity index (χ3n) is 5.08. The first-order chi connectivity index (χ1) is 16.0. The van der Waals surface area contributed by atoms with E-state index in [2.05, 4.69) is 25.4 Å². The van der Waals surface area contributed by atoms with Crippen LogP contribution in [0.15, 0.2) is 30.5 Å². The van der Waals surface area contributed by atoms with Crippen molar-refractivity contribution >= 4 is 5.91 Å². The SMILES string of the molecule is COc1cc(C(=O)NC2CCCn3nc(-c4ccnc(C(F)(F)F)c4)cc32)nc(C(F)(F)F)n1. The van der Waals surface area contributed by atoms with E-state index in [0.717, 1.165) is 25.4 Å². The normalized spacial score (nSPS) is 16.1. The van der Waals surface area contributed by atoms with Gasteiger partial charge in [-0.05, 0) is 31.0 Å². The second kappa shape index (κ2) is 8.57. The van der Waals surface area contributed by atoms with Crippen molar-refractivity contribution in [2.75, 3.05) is 7.11 Å². The number of aromatic nitrogens is 5. The van der Waals surface area contributed by atoms with Gasteiger partial charge in [-0.3, -0.25) is 14.5 Å². The summed E-state index contributed by atoms with van der Waals surface area (Å²) in [7, 11) is 1.11. The van der Waals surface area contributed by atoms with Crippen molar-refractivity contribution in [3.05, 3.63) is 53.4 Å². The topological polar surface area (TPSA) is 94.8 Å². The molecule has 4 heterocycles. The van der Waals surface area contributed by atoms with Crippen molar-refractivity contribution in [2.45, 2.75) is 37.8 Å². The maximum atomic E-state index is 13.1. The fourth-order valence-electron chi connectivity index (χ4n) is 3.52. The van der Waals surface area contributed by atoms with Crippen LogP contribution in [0.25, 0.3) is 11.3 Å². The number of fused-ring (bicyclic) bond motifs is 1. The first-order valence-electron chi connectivity index (χ1n) is 9.88. The van der Waals surface area contributed by atoms with Gasteiger partial charge in [0.05, 0.1) is 24.5 Å². The third kappa shape index (κ3) is 4.79. The molecule has 3 aromatic heterocycles. The van der Waals surface area contributed by atoms with Gasteiger partial charge in [-0.15, -0.1) is 0 Å². The number of carbonyl (C=O) groups excluding carboxylic acids is 1. The first kappa shape index (κ1) is 23.4. The molecule has 3 aromatic rings. The summed E-state index contributed by atoms with van der Waals surface area (Å²) in [6, 6.07) is 4.10. The highest BCUT2D eigenvalue weighted by Crippen LogP contribution is 2.33. The molecule has 4 rings (SSSR count). The Morgan fingerprint density at radius 3 is 2.56 bits per heavy atom. The van der Waals surface area contributed by atoms with Gasteiger partial charge >= 0.3 is 12.4 Å². The van der Waals surface area contributed by atoms with Crippen LogP contribution in [0.1, 0.15) is 46.6 Å². The molecule has 0 aromatic carbocycles. The van der Waals surface area contributed by atoms with E-state index in [9.17, 15) is 31.1 Å². The van der Waals surface area contributed by atoms with Gasteiger partial charge in [0.1, 0.15) is 11.4 Å². The lowest BCUT2D eigenvalue weighted by atomic mass is 10.0. The van der Waals surface area contributed by atoms with Crippen molar-refractivity contribution in [2.24, 2.45) is 0 Å². The summed E-state index contributed by atoms with van der Waals surface area (Å²) < 4.78 is 84.5. The number of pyridine rings is 1. The van der Waals surface area contributed by atoms with E-state index in [1.54, 1.807) is 4.68 Å². The third-order valence-corrected chi connectivity index (χ3v) is 5.08. The minimum atomic E-state index is -4.89. The summed E-state index contributed by atoms with van der Waals surface area (Å²) in [6.45, 7) is 0.457. The molecule has 34 heavy (non-hydrogen) atoms. The zero-order valence-corrected chi connectivity index (χ0v) is 17.4. The molecule has 1 N–H and O–H groups in total. The summed E-state index contributed by atoms with van der Waals surface area (Å²) in [5, 5.41) is 6.94. The Morgan fingerprint density at radius 2 is 1.88 bits per heavy atom. The number of amides is 1. The number of ether oxygens (including phenoxy) is 1. The maximum Gasteiger partial charge on any atom is 0.451 e. The van der Waals surface area contributed by atoms with Gasteiger partial charge in [-0.1, -0.05) is 0 Å². The number of hydrogen-bond acceptors (Lipinski definition) is 6. The van der Waals surface area contributed by atoms with Gasteiger partial charge in [0.15, 0.2) is 0 Å². The molecule has 1 aliphatic rings. The molecular weight excluding hydrogens is 470 g/mol. The number of rotatable bonds is 4. The van der Waals surface area contributed by atoms with Gasteiger partial charge in [0.2, 0.25) is 11.7 Å². The number of alkyl halides is 6. The van der Waals surface area contributed by atoms with Crippen LogP contribution >= 0.6 is 0 Å². The molecule has 1 aliphatic heterocycles. The fourth-order valence-corrected chi connectivity index (χ4v) is 3.52. The Bertz CT molecular complexity index is 1220. The number of carbonyl (C=O) groups is 1. The van der Waals surface area contributed by atoms with Crippen LogP contribution in [0.5, 0.6) is 5.88 Å². The molecule has 1 amide bonds. The zero-order chi connectivity index (χ0) is 24.7. The van der Waals surface area contributed by atoms with E-state index in [0.29, 0.717) is 25.1 Å². The number of hydrogen-bond donors (Lipinski definition) is 1. The molecule has 1 unspecified atom stereocenters. The Balaban J connectivity index is 1.61. The van der Waals surface area contributed by atoms with Crippen LogP contribution in [0.4, 0.5) is 26.3 Å². The number of nitrogens with zero attached hydrogens (tertiary/aromatic N) is 5. The van der Waals surface area contributed by atoms with Crippen LogP contribution in [0, 0.1) is 0 Å². The minimum absolute atomic E-state index is 0.185. The Hall–Kier alpha value is -3.71. The van der Waals surface area contributed by atoms with Crippen molar-refractivity contribution in [3.63, 3.8) is 0 Å². The van der Waals surface area contributed by atoms with Crippen LogP contribution in [0.2, 0.25) is 0 Å². The number of methoxy groups -OCH3 is 1. The molecule has 14 heteroatoms. The van der Waals surface area contributed by atoms with E-state index in [4.69, 9.17) is 4.74 Å². The van der Waals surface area contributed by atoms with E-state index in [-0.39, 0.29) is 11.3 Å². The molecular formula is C20H16F6N6O2. The zero-order valence-electron chi connectivity index (χ0n) is 17.4. The Kier molecular flexibility index (Phi) is 5.91. The van der Waals surface area contributed by atoms with E-state index < -0.39 is 47.4 Å². The van der Waals surface area contributed by atoms with Crippen LogP contribution < -0.4 is 10.1 Å². The van der Waals surface area contributed by atoms with E-state index >= 15 is 0 Å². The summed E-state index contributed by atoms with van der Waals surface area (Å²) >= 11 is 0. The van der Waals surface area contributed by atoms with Gasteiger partial charge in [-0.2, -0.15) is 36.4 Å². The van der Waals surface area contributed by atoms with Crippen LogP contribution in [0.3, 0.4) is 0 Å². The summed E-state index contributed by atoms with van der Waals surface area (Å²) in [6.07, 6.45) is -7.47. The lowest BCUT2D eigenvalue weighted by Crippen LogP contribution is -2.33. The lowest BCUT2D eigenvalue weighted by Gasteiger charge is -2.24. The highest BCUT2D eigenvalue weighted by molar-refractivity contribution is 5.92. The molecule has 0 spiro atoms. The molecule has 0 saturated carbocycles. The fraction of sp³-hybridized carbons (Fsp3) is 0.350. The van der Waals surface area contributed by atoms with E-state index in [1.807, 2.05) is 0 Å². The monoisotopic (exact) mass is 486 g/mol. The summed E-state index contributed by atoms with van der Waals surface area (Å²) in [4.78, 5) is 22.5. The highest BCUT2D eigenvalue weighted by Gasteiger charge is 2.37. The lowest BCUT2D eigenvalue weighted by molar-refractivity contribution is -0.145.